The number of rotatable bonds is 4. The molecule has 2 aliphatic rings. The summed E-state index contributed by atoms with van der Waals surface area (Å²) in [5.41, 5.74) is 0.563. The summed E-state index contributed by atoms with van der Waals surface area (Å²) in [7, 11) is -3.31. The van der Waals surface area contributed by atoms with Gasteiger partial charge in [-0.2, -0.15) is 0 Å². The minimum Gasteiger partial charge on any atom is -0.325 e. The second-order valence-electron chi connectivity index (χ2n) is 6.94. The fourth-order valence-electron chi connectivity index (χ4n) is 3.48. The van der Waals surface area contributed by atoms with Crippen molar-refractivity contribution in [2.24, 2.45) is 4.99 Å². The van der Waals surface area contributed by atoms with E-state index in [1.54, 1.807) is 24.3 Å². The largest absolute Gasteiger partial charge is 0.325 e. The molecule has 1 saturated heterocycles. The smallest absolute Gasteiger partial charge is 0.234 e. The molecule has 1 amide bonds. The number of amides is 1. The Morgan fingerprint density at radius 3 is 2.77 bits per heavy atom. The molecule has 1 fully saturated rings. The Labute approximate surface area is 181 Å². The molecule has 2 aliphatic heterocycles. The summed E-state index contributed by atoms with van der Waals surface area (Å²) in [5.74, 6) is -2.24. The van der Waals surface area contributed by atoms with E-state index < -0.39 is 33.6 Å². The fourth-order valence-corrected chi connectivity index (χ4v) is 6.43. The first kappa shape index (κ1) is 21.1. The number of nitrogens with one attached hydrogen (secondary N) is 1. The lowest BCUT2D eigenvalue weighted by molar-refractivity contribution is -0.113. The molecule has 11 heteroatoms. The van der Waals surface area contributed by atoms with Crippen LogP contribution in [0.15, 0.2) is 47.5 Å². The molecule has 0 aliphatic carbocycles. The van der Waals surface area contributed by atoms with Gasteiger partial charge in [0, 0.05) is 16.8 Å². The summed E-state index contributed by atoms with van der Waals surface area (Å²) in [4.78, 5) is 18.2. The van der Waals surface area contributed by atoms with Gasteiger partial charge in [0.1, 0.15) is 11.6 Å². The number of amidine groups is 1. The first-order chi connectivity index (χ1) is 14.2. The van der Waals surface area contributed by atoms with Crippen molar-refractivity contribution >= 4 is 55.6 Å². The van der Waals surface area contributed by atoms with Crippen LogP contribution in [0.5, 0.6) is 0 Å². The number of carbonyl (C=O) groups is 1. The molecule has 0 spiro atoms. The van der Waals surface area contributed by atoms with Crippen LogP contribution in [0.2, 0.25) is 5.02 Å². The molecule has 0 bridgehead atoms. The van der Waals surface area contributed by atoms with Crippen molar-refractivity contribution in [3.8, 4) is 0 Å². The Balaban J connectivity index is 1.53. The van der Waals surface area contributed by atoms with Gasteiger partial charge in [-0.05, 0) is 30.3 Å². The van der Waals surface area contributed by atoms with E-state index in [1.807, 2.05) is 0 Å². The standard InChI is InChI=1S/C19H16ClF2N3O3S2/c20-11-2-1-3-13(6-11)23-18(26)8-29-19-24-15-9-30(27,28)10-17(15)25(19)16-5-4-12(21)7-14(16)22/h1-7,15,17H,8-10H2,(H,23,26). The van der Waals surface area contributed by atoms with Gasteiger partial charge in [-0.3, -0.25) is 9.79 Å². The summed E-state index contributed by atoms with van der Waals surface area (Å²) < 4.78 is 51.9. The minimum absolute atomic E-state index is 0.0301. The molecule has 30 heavy (non-hydrogen) atoms. The predicted molar refractivity (Wildman–Crippen MR) is 115 cm³/mol. The zero-order chi connectivity index (χ0) is 21.5. The van der Waals surface area contributed by atoms with Crippen LogP contribution in [0.25, 0.3) is 0 Å². The first-order valence-corrected chi connectivity index (χ1v) is 12.1. The monoisotopic (exact) mass is 471 g/mol. The Bertz CT molecular complexity index is 1140. The van der Waals surface area contributed by atoms with E-state index in [1.165, 1.54) is 11.0 Å². The lowest BCUT2D eigenvalue weighted by Crippen LogP contribution is -2.40. The maximum Gasteiger partial charge on any atom is 0.234 e. The van der Waals surface area contributed by atoms with E-state index in [-0.39, 0.29) is 28.9 Å². The van der Waals surface area contributed by atoms with Crippen molar-refractivity contribution in [1.29, 1.82) is 0 Å². The van der Waals surface area contributed by atoms with Crippen molar-refractivity contribution in [2.45, 2.75) is 12.1 Å². The van der Waals surface area contributed by atoms with E-state index >= 15 is 0 Å². The Hall–Kier alpha value is -2.17. The highest BCUT2D eigenvalue weighted by Crippen LogP contribution is 2.36. The van der Waals surface area contributed by atoms with Crippen LogP contribution in [0.3, 0.4) is 0 Å². The van der Waals surface area contributed by atoms with Gasteiger partial charge in [0.2, 0.25) is 5.91 Å². The van der Waals surface area contributed by atoms with E-state index in [2.05, 4.69) is 10.3 Å². The highest BCUT2D eigenvalue weighted by molar-refractivity contribution is 8.14. The Kier molecular flexibility index (Phi) is 5.73. The van der Waals surface area contributed by atoms with Crippen molar-refractivity contribution < 1.29 is 22.0 Å². The van der Waals surface area contributed by atoms with Crippen LogP contribution in [0.1, 0.15) is 0 Å². The molecule has 1 N–H and O–H groups in total. The molecule has 2 aromatic carbocycles. The molecule has 158 valence electrons. The van der Waals surface area contributed by atoms with Gasteiger partial charge in [0.15, 0.2) is 15.0 Å². The summed E-state index contributed by atoms with van der Waals surface area (Å²) >= 11 is 6.97. The maximum absolute atomic E-state index is 14.5. The zero-order valence-electron chi connectivity index (χ0n) is 15.4. The van der Waals surface area contributed by atoms with Crippen molar-refractivity contribution in [1.82, 2.24) is 0 Å². The summed E-state index contributed by atoms with van der Waals surface area (Å²) in [6.45, 7) is 0. The van der Waals surface area contributed by atoms with Gasteiger partial charge >= 0.3 is 0 Å². The molecule has 0 aromatic heterocycles. The van der Waals surface area contributed by atoms with Gasteiger partial charge in [-0.25, -0.2) is 17.2 Å². The topological polar surface area (TPSA) is 78.8 Å². The van der Waals surface area contributed by atoms with Gasteiger partial charge in [-0.15, -0.1) is 0 Å². The zero-order valence-corrected chi connectivity index (χ0v) is 17.8. The third-order valence-corrected chi connectivity index (χ3v) is 7.62. The molecule has 2 atom stereocenters. The molecule has 4 rings (SSSR count). The number of fused-ring (bicyclic) bond motifs is 1. The van der Waals surface area contributed by atoms with Gasteiger partial charge in [0.05, 0.1) is 35.0 Å². The van der Waals surface area contributed by atoms with Crippen LogP contribution >= 0.6 is 23.4 Å². The molecule has 2 aromatic rings. The number of aliphatic imine (C=N–C) groups is 1. The van der Waals surface area contributed by atoms with E-state index in [0.717, 1.165) is 23.9 Å². The number of hydrogen-bond donors (Lipinski definition) is 1. The molecule has 6 nitrogen and oxygen atoms in total. The van der Waals surface area contributed by atoms with E-state index in [4.69, 9.17) is 11.6 Å². The van der Waals surface area contributed by atoms with Crippen LogP contribution < -0.4 is 10.2 Å². The number of nitrogens with zero attached hydrogens (tertiary/aromatic N) is 2. The number of halogens is 3. The average molecular weight is 472 g/mol. The fraction of sp³-hybridized carbons (Fsp3) is 0.263. The van der Waals surface area contributed by atoms with Crippen molar-refractivity contribution in [3.63, 3.8) is 0 Å². The average Bonchev–Trinajstić information content (AvgIpc) is 3.11. The third-order valence-electron chi connectivity index (χ3n) is 4.72. The SMILES string of the molecule is O=C(CSC1=NC2CS(=O)(=O)CC2N1c1ccc(F)cc1F)Nc1cccc(Cl)c1. The highest BCUT2D eigenvalue weighted by atomic mass is 35.5. The van der Waals surface area contributed by atoms with Gasteiger partial charge in [0.25, 0.3) is 0 Å². The van der Waals surface area contributed by atoms with Crippen LogP contribution in [0.4, 0.5) is 20.2 Å². The van der Waals surface area contributed by atoms with Crippen LogP contribution in [-0.2, 0) is 14.6 Å². The molecule has 2 heterocycles. The van der Waals surface area contributed by atoms with Crippen molar-refractivity contribution in [3.05, 3.63) is 59.1 Å². The molecular formula is C19H16ClF2N3O3S2. The Morgan fingerprint density at radius 1 is 1.23 bits per heavy atom. The molecule has 0 radical (unpaired) electrons. The highest BCUT2D eigenvalue weighted by Gasteiger charge is 2.47. The van der Waals surface area contributed by atoms with Gasteiger partial charge in [-0.1, -0.05) is 29.4 Å². The lowest BCUT2D eigenvalue weighted by atomic mass is 10.1. The summed E-state index contributed by atoms with van der Waals surface area (Å²) in [6.07, 6.45) is 0. The quantitative estimate of drug-likeness (QED) is 0.740. The van der Waals surface area contributed by atoms with Crippen LogP contribution in [0, 0.1) is 11.6 Å². The molecular weight excluding hydrogens is 456 g/mol. The summed E-state index contributed by atoms with van der Waals surface area (Å²) in [6, 6.07) is 8.62. The Morgan fingerprint density at radius 2 is 2.03 bits per heavy atom. The number of benzene rings is 2. The number of anilines is 2. The number of carbonyl (C=O) groups excluding carboxylic acids is 1. The molecule has 2 unspecified atom stereocenters. The van der Waals surface area contributed by atoms with E-state index in [9.17, 15) is 22.0 Å². The first-order valence-electron chi connectivity index (χ1n) is 8.92. The normalized spacial score (nSPS) is 22.0. The van der Waals surface area contributed by atoms with E-state index in [0.29, 0.717) is 15.9 Å². The second kappa shape index (κ2) is 8.16. The minimum atomic E-state index is -3.31. The van der Waals surface area contributed by atoms with Crippen LogP contribution in [-0.4, -0.2) is 48.8 Å². The molecule has 0 saturated carbocycles. The number of thioether (sulfide) groups is 1. The number of sulfone groups is 1. The predicted octanol–water partition coefficient (Wildman–Crippen LogP) is 3.33. The second-order valence-corrected chi connectivity index (χ2v) is 10.5. The number of hydrogen-bond acceptors (Lipinski definition) is 6. The van der Waals surface area contributed by atoms with Crippen molar-refractivity contribution in [2.75, 3.05) is 27.5 Å². The maximum atomic E-state index is 14.5. The lowest BCUT2D eigenvalue weighted by Gasteiger charge is -2.26. The third kappa shape index (κ3) is 4.45. The summed E-state index contributed by atoms with van der Waals surface area (Å²) in [5, 5.41) is 3.51. The van der Waals surface area contributed by atoms with Gasteiger partial charge < -0.3 is 10.2 Å².